The van der Waals surface area contributed by atoms with Crippen LogP contribution in [0, 0.1) is 0 Å². The largest absolute Gasteiger partial charge is 0.446 e. The van der Waals surface area contributed by atoms with Crippen molar-refractivity contribution in [1.82, 2.24) is 34.5 Å². The van der Waals surface area contributed by atoms with Gasteiger partial charge in [-0.25, -0.2) is 4.98 Å². The van der Waals surface area contributed by atoms with Crippen LogP contribution in [-0.4, -0.2) is 34.5 Å². The lowest BCUT2D eigenvalue weighted by molar-refractivity contribution is 0.431. The normalized spacial score (nSPS) is 16.7. The van der Waals surface area contributed by atoms with Crippen molar-refractivity contribution in [3.63, 3.8) is 0 Å². The SMILES string of the molecule is Cn1cnnc1Sc1ccc(-c2nccn2[C@@H]2CCc3[nH]ncc3C2)o1. The van der Waals surface area contributed by atoms with Crippen LogP contribution in [0.15, 0.2) is 51.7 Å². The smallest absolute Gasteiger partial charge is 0.198 e. The van der Waals surface area contributed by atoms with Gasteiger partial charge < -0.3 is 13.6 Å². The van der Waals surface area contributed by atoms with Crippen LogP contribution in [0.4, 0.5) is 0 Å². The Balaban J connectivity index is 1.41. The van der Waals surface area contributed by atoms with E-state index in [1.54, 1.807) is 6.33 Å². The first kappa shape index (κ1) is 15.4. The molecule has 1 N–H and O–H groups in total. The second-order valence-electron chi connectivity index (χ2n) is 6.37. The minimum absolute atomic E-state index is 0.359. The van der Waals surface area contributed by atoms with Gasteiger partial charge in [-0.1, -0.05) is 0 Å². The molecule has 0 saturated carbocycles. The molecule has 26 heavy (non-hydrogen) atoms. The predicted molar refractivity (Wildman–Crippen MR) is 94.7 cm³/mol. The number of aryl methyl sites for hydroxylation is 2. The van der Waals surface area contributed by atoms with Crippen molar-refractivity contribution >= 4 is 11.8 Å². The highest BCUT2D eigenvalue weighted by Gasteiger charge is 2.24. The molecule has 0 radical (unpaired) electrons. The topological polar surface area (TPSA) is 90.3 Å². The maximum Gasteiger partial charge on any atom is 0.198 e. The van der Waals surface area contributed by atoms with Gasteiger partial charge in [0.15, 0.2) is 21.8 Å². The molecule has 1 atom stereocenters. The molecule has 132 valence electrons. The molecule has 0 fully saturated rings. The summed E-state index contributed by atoms with van der Waals surface area (Å²) in [5, 5.41) is 16.8. The lowest BCUT2D eigenvalue weighted by Crippen LogP contribution is -2.18. The van der Waals surface area contributed by atoms with Gasteiger partial charge in [0.05, 0.1) is 6.20 Å². The second kappa shape index (κ2) is 6.17. The van der Waals surface area contributed by atoms with Crippen LogP contribution < -0.4 is 0 Å². The number of nitrogens with one attached hydrogen (secondary N) is 1. The van der Waals surface area contributed by atoms with Crippen LogP contribution in [0.3, 0.4) is 0 Å². The average molecular weight is 367 g/mol. The Hall–Kier alpha value is -2.81. The summed E-state index contributed by atoms with van der Waals surface area (Å²) < 4.78 is 10.1. The number of aromatic amines is 1. The number of imidazole rings is 1. The van der Waals surface area contributed by atoms with E-state index in [4.69, 9.17) is 4.42 Å². The molecular weight excluding hydrogens is 350 g/mol. The Morgan fingerprint density at radius 3 is 3.19 bits per heavy atom. The number of nitrogens with zero attached hydrogens (tertiary/aromatic N) is 6. The Labute approximate surface area is 153 Å². The van der Waals surface area contributed by atoms with E-state index in [0.29, 0.717) is 6.04 Å². The molecule has 0 aromatic carbocycles. The number of furan rings is 1. The summed E-state index contributed by atoms with van der Waals surface area (Å²) in [5.74, 6) is 1.62. The first-order valence-corrected chi connectivity index (χ1v) is 9.25. The fraction of sp³-hybridized carbons (Fsp3) is 0.294. The molecule has 0 amide bonds. The second-order valence-corrected chi connectivity index (χ2v) is 7.35. The van der Waals surface area contributed by atoms with Crippen LogP contribution in [0.1, 0.15) is 23.7 Å². The molecule has 4 aromatic rings. The molecule has 0 saturated heterocycles. The molecule has 8 nitrogen and oxygen atoms in total. The van der Waals surface area contributed by atoms with Crippen molar-refractivity contribution < 1.29 is 4.42 Å². The van der Waals surface area contributed by atoms with E-state index in [-0.39, 0.29) is 0 Å². The highest BCUT2D eigenvalue weighted by molar-refractivity contribution is 7.99. The molecule has 0 unspecified atom stereocenters. The van der Waals surface area contributed by atoms with Crippen LogP contribution in [-0.2, 0) is 19.9 Å². The van der Waals surface area contributed by atoms with Crippen LogP contribution in [0.25, 0.3) is 11.6 Å². The zero-order chi connectivity index (χ0) is 17.5. The Morgan fingerprint density at radius 1 is 1.35 bits per heavy atom. The van der Waals surface area contributed by atoms with Gasteiger partial charge in [0.25, 0.3) is 0 Å². The molecule has 0 bridgehead atoms. The monoisotopic (exact) mass is 367 g/mol. The van der Waals surface area contributed by atoms with E-state index >= 15 is 0 Å². The maximum atomic E-state index is 6.02. The van der Waals surface area contributed by atoms with Crippen molar-refractivity contribution in [1.29, 1.82) is 0 Å². The summed E-state index contributed by atoms with van der Waals surface area (Å²) in [6.07, 6.45) is 10.5. The van der Waals surface area contributed by atoms with Crippen molar-refractivity contribution in [2.24, 2.45) is 7.05 Å². The van der Waals surface area contributed by atoms with Crippen LogP contribution in [0.2, 0.25) is 0 Å². The van der Waals surface area contributed by atoms with Gasteiger partial charge in [-0.15, -0.1) is 10.2 Å². The molecule has 0 spiro atoms. The third-order valence-corrected chi connectivity index (χ3v) is 5.69. The number of fused-ring (bicyclic) bond motifs is 1. The van der Waals surface area contributed by atoms with Crippen LogP contribution in [0.5, 0.6) is 0 Å². The van der Waals surface area contributed by atoms with E-state index in [2.05, 4.69) is 29.9 Å². The summed E-state index contributed by atoms with van der Waals surface area (Å²) >= 11 is 1.45. The summed E-state index contributed by atoms with van der Waals surface area (Å²) in [6, 6.07) is 4.27. The Bertz CT molecular complexity index is 1040. The Morgan fingerprint density at radius 2 is 2.31 bits per heavy atom. The summed E-state index contributed by atoms with van der Waals surface area (Å²) in [7, 11) is 1.91. The standard InChI is InChI=1S/C17H17N7OS/c1-23-10-20-22-17(23)26-15-5-4-14(25-15)16-18-6-7-24(16)12-2-3-13-11(8-12)9-19-21-13/h4-7,9-10,12H,2-3,8H2,1H3,(H,19,21)/t12-/m1/s1. The third kappa shape index (κ3) is 2.64. The van der Waals surface area contributed by atoms with E-state index in [9.17, 15) is 0 Å². The molecule has 4 aromatic heterocycles. The number of hydrogen-bond acceptors (Lipinski definition) is 6. The molecule has 5 rings (SSSR count). The number of hydrogen-bond donors (Lipinski definition) is 1. The minimum atomic E-state index is 0.359. The quantitative estimate of drug-likeness (QED) is 0.596. The number of H-pyrrole nitrogens is 1. The molecular formula is C17H17N7OS. The average Bonchev–Trinajstić information content (AvgIpc) is 3.42. The highest BCUT2D eigenvalue weighted by atomic mass is 32.2. The van der Waals surface area contributed by atoms with E-state index in [0.717, 1.165) is 41.1 Å². The van der Waals surface area contributed by atoms with Gasteiger partial charge >= 0.3 is 0 Å². The van der Waals surface area contributed by atoms with Gasteiger partial charge in [0.1, 0.15) is 6.33 Å². The zero-order valence-corrected chi connectivity index (χ0v) is 15.0. The van der Waals surface area contributed by atoms with Gasteiger partial charge in [0, 0.05) is 31.2 Å². The van der Waals surface area contributed by atoms with E-state index in [1.807, 2.05) is 42.3 Å². The number of aromatic nitrogens is 7. The Kier molecular flexibility index (Phi) is 3.66. The molecule has 1 aliphatic carbocycles. The first-order valence-electron chi connectivity index (χ1n) is 8.44. The molecule has 0 aliphatic heterocycles. The highest BCUT2D eigenvalue weighted by Crippen LogP contribution is 2.34. The van der Waals surface area contributed by atoms with Crippen LogP contribution >= 0.6 is 11.8 Å². The van der Waals surface area contributed by atoms with Gasteiger partial charge in [-0.3, -0.25) is 5.10 Å². The van der Waals surface area contributed by atoms with E-state index < -0.39 is 0 Å². The summed E-state index contributed by atoms with van der Waals surface area (Å²) in [5.41, 5.74) is 2.54. The van der Waals surface area contributed by atoms with Crippen molar-refractivity contribution in [2.45, 2.75) is 35.6 Å². The zero-order valence-electron chi connectivity index (χ0n) is 14.2. The minimum Gasteiger partial charge on any atom is -0.446 e. The lowest BCUT2D eigenvalue weighted by atomic mass is 9.93. The fourth-order valence-corrected chi connectivity index (χ4v) is 4.11. The van der Waals surface area contributed by atoms with Crippen molar-refractivity contribution in [2.75, 3.05) is 0 Å². The predicted octanol–water partition coefficient (Wildman–Crippen LogP) is 2.88. The molecule has 9 heteroatoms. The lowest BCUT2D eigenvalue weighted by Gasteiger charge is -2.24. The fourth-order valence-electron chi connectivity index (χ4n) is 3.38. The molecule has 1 aliphatic rings. The van der Waals surface area contributed by atoms with Gasteiger partial charge in [-0.05, 0) is 48.7 Å². The first-order chi connectivity index (χ1) is 12.8. The van der Waals surface area contributed by atoms with Gasteiger partial charge in [0.2, 0.25) is 0 Å². The molecule has 4 heterocycles. The summed E-state index contributed by atoms with van der Waals surface area (Å²) in [4.78, 5) is 4.54. The third-order valence-electron chi connectivity index (χ3n) is 4.72. The van der Waals surface area contributed by atoms with Crippen molar-refractivity contribution in [3.05, 3.63) is 48.3 Å². The summed E-state index contributed by atoms with van der Waals surface area (Å²) in [6.45, 7) is 0. The van der Waals surface area contributed by atoms with E-state index in [1.165, 1.54) is 23.0 Å². The van der Waals surface area contributed by atoms with Crippen molar-refractivity contribution in [3.8, 4) is 11.6 Å². The maximum absolute atomic E-state index is 6.02. The number of rotatable bonds is 4. The van der Waals surface area contributed by atoms with Gasteiger partial charge in [-0.2, -0.15) is 5.10 Å².